The monoisotopic (exact) mass is 299 g/mol. The molecule has 0 radical (unpaired) electrons. The quantitative estimate of drug-likeness (QED) is 0.708. The van der Waals surface area contributed by atoms with Crippen LogP contribution < -0.4 is 0 Å². The lowest BCUT2D eigenvalue weighted by atomic mass is 10.1. The lowest BCUT2D eigenvalue weighted by Gasteiger charge is -1.98. The van der Waals surface area contributed by atoms with Crippen molar-refractivity contribution in [1.29, 1.82) is 0 Å². The number of rotatable bonds is 2. The van der Waals surface area contributed by atoms with E-state index in [4.69, 9.17) is 0 Å². The minimum Gasteiger partial charge on any atom is -0.352 e. The van der Waals surface area contributed by atoms with Crippen molar-refractivity contribution >= 4 is 32.6 Å². The number of aromatic amines is 1. The van der Waals surface area contributed by atoms with E-state index >= 15 is 0 Å². The minimum absolute atomic E-state index is 0.0127. The van der Waals surface area contributed by atoms with Crippen LogP contribution in [-0.4, -0.2) is 10.8 Å². The van der Waals surface area contributed by atoms with Gasteiger partial charge in [0.15, 0.2) is 0 Å². The van der Waals surface area contributed by atoms with Crippen molar-refractivity contribution in [2.24, 2.45) is 0 Å². The smallest absolute Gasteiger partial charge is 0.209 e. The van der Waals surface area contributed by atoms with E-state index in [1.54, 1.807) is 0 Å². The van der Waals surface area contributed by atoms with Gasteiger partial charge in [0.25, 0.3) is 0 Å². The van der Waals surface area contributed by atoms with Crippen LogP contribution in [0.3, 0.4) is 0 Å². The molecule has 0 aliphatic carbocycles. The maximum absolute atomic E-state index is 12.3. The molecule has 0 aliphatic rings. The number of para-hydroxylation sites is 1. The van der Waals surface area contributed by atoms with Crippen LogP contribution in [0.25, 0.3) is 10.9 Å². The molecular formula is C15H10BrNO. The number of halogens is 1. The van der Waals surface area contributed by atoms with Crippen LogP contribution in [0.5, 0.6) is 0 Å². The lowest BCUT2D eigenvalue weighted by Crippen LogP contribution is -2.00. The van der Waals surface area contributed by atoms with Crippen LogP contribution in [0.15, 0.2) is 59.1 Å². The van der Waals surface area contributed by atoms with E-state index in [0.29, 0.717) is 11.3 Å². The molecule has 2 aromatic carbocycles. The van der Waals surface area contributed by atoms with Gasteiger partial charge in [-0.05, 0) is 36.4 Å². The number of ketones is 1. The number of aromatic nitrogens is 1. The second-order valence-electron chi connectivity index (χ2n) is 4.11. The molecule has 0 spiro atoms. The number of hydrogen-bond donors (Lipinski definition) is 1. The molecule has 0 unspecified atom stereocenters. The van der Waals surface area contributed by atoms with Gasteiger partial charge in [-0.1, -0.05) is 34.1 Å². The van der Waals surface area contributed by atoms with Gasteiger partial charge in [0.05, 0.1) is 5.69 Å². The third kappa shape index (κ3) is 1.97. The summed E-state index contributed by atoms with van der Waals surface area (Å²) < 4.78 is 0.968. The highest BCUT2D eigenvalue weighted by atomic mass is 79.9. The molecule has 0 amide bonds. The highest BCUT2D eigenvalue weighted by Gasteiger charge is 2.11. The largest absolute Gasteiger partial charge is 0.352 e. The van der Waals surface area contributed by atoms with E-state index < -0.39 is 0 Å². The van der Waals surface area contributed by atoms with Gasteiger partial charge in [0.1, 0.15) is 0 Å². The summed E-state index contributed by atoms with van der Waals surface area (Å²) in [5.41, 5.74) is 2.29. The molecule has 2 nitrogen and oxygen atoms in total. The number of carbonyl (C=O) groups excluding carboxylic acids is 1. The second-order valence-corrected chi connectivity index (χ2v) is 5.02. The zero-order valence-electron chi connectivity index (χ0n) is 9.48. The highest BCUT2D eigenvalue weighted by molar-refractivity contribution is 9.10. The van der Waals surface area contributed by atoms with Crippen molar-refractivity contribution < 1.29 is 4.79 Å². The Hall–Kier alpha value is -1.87. The second kappa shape index (κ2) is 4.42. The number of nitrogens with one attached hydrogen (secondary N) is 1. The van der Waals surface area contributed by atoms with Gasteiger partial charge in [0, 0.05) is 20.9 Å². The normalized spacial score (nSPS) is 10.7. The van der Waals surface area contributed by atoms with E-state index in [9.17, 15) is 4.79 Å². The van der Waals surface area contributed by atoms with Crippen molar-refractivity contribution in [3.05, 3.63) is 70.3 Å². The van der Waals surface area contributed by atoms with Gasteiger partial charge < -0.3 is 4.98 Å². The zero-order chi connectivity index (χ0) is 12.5. The molecule has 0 saturated carbocycles. The first-order valence-corrected chi connectivity index (χ1v) is 6.41. The molecule has 88 valence electrons. The van der Waals surface area contributed by atoms with Crippen LogP contribution in [0.1, 0.15) is 16.1 Å². The zero-order valence-corrected chi connectivity index (χ0v) is 11.1. The maximum atomic E-state index is 12.3. The molecule has 0 aliphatic heterocycles. The lowest BCUT2D eigenvalue weighted by molar-refractivity contribution is 0.103. The van der Waals surface area contributed by atoms with E-state index in [-0.39, 0.29) is 5.78 Å². The van der Waals surface area contributed by atoms with Gasteiger partial charge in [-0.2, -0.15) is 0 Å². The maximum Gasteiger partial charge on any atom is 0.209 e. The van der Waals surface area contributed by atoms with E-state index in [1.807, 2.05) is 54.6 Å². The Morgan fingerprint density at radius 3 is 2.44 bits per heavy atom. The minimum atomic E-state index is 0.0127. The van der Waals surface area contributed by atoms with Crippen molar-refractivity contribution in [1.82, 2.24) is 4.98 Å². The van der Waals surface area contributed by atoms with Crippen molar-refractivity contribution in [2.45, 2.75) is 0 Å². The standard InChI is InChI=1S/C15H10BrNO/c16-12-7-5-10(6-8-12)15(18)14-9-11-3-1-2-4-13(11)17-14/h1-9,17H. The predicted octanol–water partition coefficient (Wildman–Crippen LogP) is 4.16. The van der Waals surface area contributed by atoms with Gasteiger partial charge in [0.2, 0.25) is 5.78 Å². The van der Waals surface area contributed by atoms with Crippen LogP contribution in [0.4, 0.5) is 0 Å². The molecule has 3 heteroatoms. The summed E-state index contributed by atoms with van der Waals surface area (Å²) in [6, 6.07) is 17.1. The van der Waals surface area contributed by atoms with Crippen molar-refractivity contribution in [2.75, 3.05) is 0 Å². The molecule has 0 bridgehead atoms. The fraction of sp³-hybridized carbons (Fsp3) is 0. The van der Waals surface area contributed by atoms with E-state index in [0.717, 1.165) is 15.4 Å². The molecular weight excluding hydrogens is 290 g/mol. The van der Waals surface area contributed by atoms with Crippen LogP contribution in [-0.2, 0) is 0 Å². The fourth-order valence-electron chi connectivity index (χ4n) is 1.95. The third-order valence-electron chi connectivity index (χ3n) is 2.88. The Labute approximate surface area is 113 Å². The molecule has 3 rings (SSSR count). The van der Waals surface area contributed by atoms with Gasteiger partial charge in [-0.3, -0.25) is 4.79 Å². The average molecular weight is 300 g/mol. The number of benzene rings is 2. The predicted molar refractivity (Wildman–Crippen MR) is 75.9 cm³/mol. The van der Waals surface area contributed by atoms with Crippen molar-refractivity contribution in [3.63, 3.8) is 0 Å². The SMILES string of the molecule is O=C(c1ccc(Br)cc1)c1cc2ccccc2[nH]1. The van der Waals surface area contributed by atoms with Crippen LogP contribution in [0.2, 0.25) is 0 Å². The Morgan fingerprint density at radius 1 is 1.00 bits per heavy atom. The fourth-order valence-corrected chi connectivity index (χ4v) is 2.22. The topological polar surface area (TPSA) is 32.9 Å². The van der Waals surface area contributed by atoms with Gasteiger partial charge in [-0.25, -0.2) is 0 Å². The molecule has 0 saturated heterocycles. The Kier molecular flexibility index (Phi) is 2.76. The molecule has 0 atom stereocenters. The van der Waals surface area contributed by atoms with Gasteiger partial charge >= 0.3 is 0 Å². The number of fused-ring (bicyclic) bond motifs is 1. The first-order valence-electron chi connectivity index (χ1n) is 5.62. The summed E-state index contributed by atoms with van der Waals surface area (Å²) in [7, 11) is 0. The first-order chi connectivity index (χ1) is 8.74. The van der Waals surface area contributed by atoms with Gasteiger partial charge in [-0.15, -0.1) is 0 Å². The Morgan fingerprint density at radius 2 is 1.72 bits per heavy atom. The van der Waals surface area contributed by atoms with E-state index in [2.05, 4.69) is 20.9 Å². The Balaban J connectivity index is 2.03. The summed E-state index contributed by atoms with van der Waals surface area (Å²) in [4.78, 5) is 15.4. The molecule has 1 heterocycles. The molecule has 1 aromatic heterocycles. The van der Waals surface area contributed by atoms with Crippen LogP contribution >= 0.6 is 15.9 Å². The first kappa shape index (κ1) is 11.2. The number of H-pyrrole nitrogens is 1. The van der Waals surface area contributed by atoms with Crippen LogP contribution in [0, 0.1) is 0 Å². The number of carbonyl (C=O) groups is 1. The van der Waals surface area contributed by atoms with E-state index in [1.165, 1.54) is 0 Å². The third-order valence-corrected chi connectivity index (χ3v) is 3.41. The summed E-state index contributed by atoms with van der Waals surface area (Å²) in [5.74, 6) is 0.0127. The summed E-state index contributed by atoms with van der Waals surface area (Å²) in [6.45, 7) is 0. The average Bonchev–Trinajstić information content (AvgIpc) is 2.82. The summed E-state index contributed by atoms with van der Waals surface area (Å²) in [6.07, 6.45) is 0. The highest BCUT2D eigenvalue weighted by Crippen LogP contribution is 2.18. The Bertz CT molecular complexity index is 680. The molecule has 18 heavy (non-hydrogen) atoms. The molecule has 3 aromatic rings. The van der Waals surface area contributed by atoms with Crippen molar-refractivity contribution in [3.8, 4) is 0 Å². The number of hydrogen-bond acceptors (Lipinski definition) is 1. The molecule has 1 N–H and O–H groups in total. The molecule has 0 fully saturated rings. The summed E-state index contributed by atoms with van der Waals surface area (Å²) in [5, 5.41) is 1.05. The summed E-state index contributed by atoms with van der Waals surface area (Å²) >= 11 is 3.36.